The largest absolute Gasteiger partial charge is 0.477 e. The molecule has 0 spiro atoms. The van der Waals surface area contributed by atoms with Crippen LogP contribution in [0.5, 0.6) is 0 Å². The number of nitrogens with zero attached hydrogens (tertiary/aromatic N) is 1. The molecule has 1 N–H and O–H groups in total. The standard InChI is InChI=1S/C11H15NO2S2/c1-8-7-15-5-4-12(8)6-9-2-3-10(16-9)11(13)14/h2-3,8H,4-7H2,1H3,(H,13,14). The van der Waals surface area contributed by atoms with E-state index in [0.717, 1.165) is 18.0 Å². The Morgan fingerprint density at radius 2 is 2.44 bits per heavy atom. The Morgan fingerprint density at radius 3 is 3.06 bits per heavy atom. The molecule has 2 rings (SSSR count). The molecule has 5 heteroatoms. The first-order valence-electron chi connectivity index (χ1n) is 5.30. The first-order valence-corrected chi connectivity index (χ1v) is 7.28. The van der Waals surface area contributed by atoms with Crippen molar-refractivity contribution in [3.63, 3.8) is 0 Å². The summed E-state index contributed by atoms with van der Waals surface area (Å²) in [4.78, 5) is 14.8. The van der Waals surface area contributed by atoms with Gasteiger partial charge in [-0.3, -0.25) is 4.90 Å². The molecule has 1 aliphatic rings. The van der Waals surface area contributed by atoms with E-state index >= 15 is 0 Å². The van der Waals surface area contributed by atoms with Crippen LogP contribution in [0.15, 0.2) is 12.1 Å². The van der Waals surface area contributed by atoms with E-state index in [1.165, 1.54) is 22.8 Å². The van der Waals surface area contributed by atoms with Gasteiger partial charge >= 0.3 is 5.97 Å². The molecule has 1 fully saturated rings. The van der Waals surface area contributed by atoms with E-state index in [0.29, 0.717) is 10.9 Å². The van der Waals surface area contributed by atoms with Gasteiger partial charge in [-0.2, -0.15) is 11.8 Å². The van der Waals surface area contributed by atoms with Crippen LogP contribution in [-0.2, 0) is 6.54 Å². The normalized spacial score (nSPS) is 22.2. The van der Waals surface area contributed by atoms with Crippen molar-refractivity contribution < 1.29 is 9.90 Å². The molecule has 0 aromatic carbocycles. The summed E-state index contributed by atoms with van der Waals surface area (Å²) < 4.78 is 0. The molecular weight excluding hydrogens is 242 g/mol. The van der Waals surface area contributed by atoms with Gasteiger partial charge in [-0.15, -0.1) is 11.3 Å². The van der Waals surface area contributed by atoms with Gasteiger partial charge in [0.05, 0.1) is 0 Å². The highest BCUT2D eigenvalue weighted by Gasteiger charge is 2.19. The molecule has 16 heavy (non-hydrogen) atoms. The quantitative estimate of drug-likeness (QED) is 0.902. The Labute approximate surface area is 103 Å². The monoisotopic (exact) mass is 257 g/mol. The Hall–Kier alpha value is -0.520. The molecule has 2 heterocycles. The number of hydrogen-bond donors (Lipinski definition) is 1. The lowest BCUT2D eigenvalue weighted by Gasteiger charge is -2.32. The van der Waals surface area contributed by atoms with Gasteiger partial charge in [0, 0.05) is 35.5 Å². The van der Waals surface area contributed by atoms with E-state index < -0.39 is 5.97 Å². The van der Waals surface area contributed by atoms with Crippen molar-refractivity contribution in [2.75, 3.05) is 18.1 Å². The van der Waals surface area contributed by atoms with Gasteiger partial charge in [0.15, 0.2) is 0 Å². The molecule has 0 aliphatic carbocycles. The van der Waals surface area contributed by atoms with Crippen LogP contribution in [0.2, 0.25) is 0 Å². The Morgan fingerprint density at radius 1 is 1.62 bits per heavy atom. The predicted molar refractivity (Wildman–Crippen MR) is 68.5 cm³/mol. The predicted octanol–water partition coefficient (Wildman–Crippen LogP) is 2.38. The number of thioether (sulfide) groups is 1. The molecule has 1 aromatic heterocycles. The average molecular weight is 257 g/mol. The molecule has 88 valence electrons. The van der Waals surface area contributed by atoms with E-state index in [2.05, 4.69) is 11.8 Å². The maximum Gasteiger partial charge on any atom is 0.345 e. The second-order valence-corrected chi connectivity index (χ2v) is 6.28. The van der Waals surface area contributed by atoms with Gasteiger partial charge < -0.3 is 5.11 Å². The molecule has 0 radical (unpaired) electrons. The highest BCUT2D eigenvalue weighted by Crippen LogP contribution is 2.22. The van der Waals surface area contributed by atoms with E-state index in [4.69, 9.17) is 5.11 Å². The number of rotatable bonds is 3. The fourth-order valence-corrected chi connectivity index (χ4v) is 3.73. The van der Waals surface area contributed by atoms with E-state index in [1.54, 1.807) is 6.07 Å². The summed E-state index contributed by atoms with van der Waals surface area (Å²) in [7, 11) is 0. The maximum absolute atomic E-state index is 10.8. The van der Waals surface area contributed by atoms with Gasteiger partial charge in [-0.25, -0.2) is 4.79 Å². The highest BCUT2D eigenvalue weighted by atomic mass is 32.2. The molecule has 1 saturated heterocycles. The fourth-order valence-electron chi connectivity index (χ4n) is 1.77. The van der Waals surface area contributed by atoms with Gasteiger partial charge in [-0.1, -0.05) is 0 Å². The number of hydrogen-bond acceptors (Lipinski definition) is 4. The van der Waals surface area contributed by atoms with Crippen molar-refractivity contribution in [3.05, 3.63) is 21.9 Å². The van der Waals surface area contributed by atoms with Gasteiger partial charge in [-0.05, 0) is 19.1 Å². The lowest BCUT2D eigenvalue weighted by molar-refractivity contribution is 0.0702. The Bertz CT molecular complexity index is 378. The van der Waals surface area contributed by atoms with Crippen molar-refractivity contribution in [2.24, 2.45) is 0 Å². The van der Waals surface area contributed by atoms with E-state index in [-0.39, 0.29) is 0 Å². The minimum atomic E-state index is -0.821. The topological polar surface area (TPSA) is 40.5 Å². The fraction of sp³-hybridized carbons (Fsp3) is 0.545. The zero-order chi connectivity index (χ0) is 11.5. The van der Waals surface area contributed by atoms with E-state index in [9.17, 15) is 4.79 Å². The van der Waals surface area contributed by atoms with Crippen LogP contribution < -0.4 is 0 Å². The van der Waals surface area contributed by atoms with Crippen LogP contribution in [0.4, 0.5) is 0 Å². The zero-order valence-corrected chi connectivity index (χ0v) is 10.8. The summed E-state index contributed by atoms with van der Waals surface area (Å²) in [5.41, 5.74) is 0. The van der Waals surface area contributed by atoms with Gasteiger partial charge in [0.25, 0.3) is 0 Å². The molecular formula is C11H15NO2S2. The first-order chi connectivity index (χ1) is 7.66. The van der Waals surface area contributed by atoms with E-state index in [1.807, 2.05) is 17.8 Å². The third-order valence-corrected chi connectivity index (χ3v) is 4.98. The smallest absolute Gasteiger partial charge is 0.345 e. The molecule has 0 bridgehead atoms. The number of aromatic carboxylic acids is 1. The second kappa shape index (κ2) is 5.21. The van der Waals surface area contributed by atoms with Crippen molar-refractivity contribution in [1.82, 2.24) is 4.90 Å². The summed E-state index contributed by atoms with van der Waals surface area (Å²) in [5.74, 6) is 1.54. The minimum absolute atomic E-state index is 0.439. The van der Waals surface area contributed by atoms with Crippen molar-refractivity contribution in [2.45, 2.75) is 19.5 Å². The summed E-state index contributed by atoms with van der Waals surface area (Å²) in [6.45, 7) is 4.23. The van der Waals surface area contributed by atoms with Crippen LogP contribution in [0.1, 0.15) is 21.5 Å². The molecule has 1 aliphatic heterocycles. The molecule has 1 atom stereocenters. The number of carboxylic acid groups (broad SMARTS) is 1. The van der Waals surface area contributed by atoms with Crippen LogP contribution in [-0.4, -0.2) is 40.1 Å². The second-order valence-electron chi connectivity index (χ2n) is 3.97. The van der Waals surface area contributed by atoms with Crippen molar-refractivity contribution >= 4 is 29.1 Å². The Kier molecular flexibility index (Phi) is 3.89. The molecule has 0 amide bonds. The average Bonchev–Trinajstić information content (AvgIpc) is 2.70. The maximum atomic E-state index is 10.8. The minimum Gasteiger partial charge on any atom is -0.477 e. The third kappa shape index (κ3) is 2.78. The lowest BCUT2D eigenvalue weighted by atomic mass is 10.3. The Balaban J connectivity index is 1.99. The zero-order valence-electron chi connectivity index (χ0n) is 9.18. The summed E-state index contributed by atoms with van der Waals surface area (Å²) in [5, 5.41) is 8.85. The first kappa shape index (κ1) is 12.0. The highest BCUT2D eigenvalue weighted by molar-refractivity contribution is 7.99. The summed E-state index contributed by atoms with van der Waals surface area (Å²) in [6, 6.07) is 4.23. The number of carboxylic acids is 1. The molecule has 1 aromatic rings. The van der Waals surface area contributed by atoms with Crippen LogP contribution in [0.3, 0.4) is 0 Å². The molecule has 1 unspecified atom stereocenters. The van der Waals surface area contributed by atoms with Crippen molar-refractivity contribution in [1.29, 1.82) is 0 Å². The summed E-state index contributed by atoms with van der Waals surface area (Å²) >= 11 is 3.38. The number of carbonyl (C=O) groups is 1. The third-order valence-electron chi connectivity index (χ3n) is 2.74. The summed E-state index contributed by atoms with van der Waals surface area (Å²) in [6.07, 6.45) is 0. The molecule has 0 saturated carbocycles. The van der Waals surface area contributed by atoms with Crippen LogP contribution >= 0.6 is 23.1 Å². The van der Waals surface area contributed by atoms with Gasteiger partial charge in [0.2, 0.25) is 0 Å². The van der Waals surface area contributed by atoms with Gasteiger partial charge in [0.1, 0.15) is 4.88 Å². The van der Waals surface area contributed by atoms with Crippen LogP contribution in [0, 0.1) is 0 Å². The van der Waals surface area contributed by atoms with Crippen LogP contribution in [0.25, 0.3) is 0 Å². The number of thiophene rings is 1. The molecule has 3 nitrogen and oxygen atoms in total. The lowest BCUT2D eigenvalue weighted by Crippen LogP contribution is -2.39. The van der Waals surface area contributed by atoms with Crippen molar-refractivity contribution in [3.8, 4) is 0 Å². The SMILES string of the molecule is CC1CSCCN1Cc1ccc(C(=O)O)s1.